The molecule has 138 valence electrons. The molecule has 1 aliphatic rings. The predicted molar refractivity (Wildman–Crippen MR) is 105 cm³/mol. The number of nitrogens with one attached hydrogen (secondary N) is 2. The van der Waals surface area contributed by atoms with Gasteiger partial charge in [0.05, 0.1) is 12.6 Å². The Balaban J connectivity index is 1.36. The Hall–Kier alpha value is -3.22. The van der Waals surface area contributed by atoms with Crippen molar-refractivity contribution in [1.82, 2.24) is 20.2 Å². The zero-order valence-corrected chi connectivity index (χ0v) is 15.4. The van der Waals surface area contributed by atoms with Crippen LogP contribution < -0.4 is 10.6 Å². The van der Waals surface area contributed by atoms with E-state index in [2.05, 4.69) is 26.2 Å². The Labute approximate surface area is 157 Å². The summed E-state index contributed by atoms with van der Waals surface area (Å²) >= 11 is 0. The topological polar surface area (TPSA) is 84.7 Å². The molecule has 0 saturated heterocycles. The van der Waals surface area contributed by atoms with Crippen LogP contribution in [-0.2, 0) is 4.79 Å². The Bertz CT molecular complexity index is 959. The molecule has 0 unspecified atom stereocenters. The Morgan fingerprint density at radius 2 is 1.93 bits per heavy atom. The second kappa shape index (κ2) is 7.19. The number of benzene rings is 2. The average molecular weight is 362 g/mol. The quantitative estimate of drug-likeness (QED) is 0.702. The molecule has 0 atom stereocenters. The number of carbonyl (C=O) groups is 1. The summed E-state index contributed by atoms with van der Waals surface area (Å²) in [5.74, 6) is 0.710. The number of aromatic nitrogens is 4. The fourth-order valence-electron chi connectivity index (χ4n) is 2.95. The largest absolute Gasteiger partial charge is 0.376 e. The van der Waals surface area contributed by atoms with E-state index in [1.807, 2.05) is 61.0 Å². The van der Waals surface area contributed by atoms with Crippen molar-refractivity contribution in [3.05, 3.63) is 53.6 Å². The molecule has 3 aromatic rings. The van der Waals surface area contributed by atoms with Gasteiger partial charge in [-0.25, -0.2) is 4.68 Å². The van der Waals surface area contributed by atoms with Crippen molar-refractivity contribution in [2.45, 2.75) is 32.7 Å². The van der Waals surface area contributed by atoms with Crippen molar-refractivity contribution >= 4 is 17.3 Å². The standard InChI is InChI=1S/C20H22N6O/c1-13-4-3-5-18(14(13)2)22-19(27)12-21-16-8-6-15(7-9-16)20-23-24-25-26(20)17-10-11-17/h3-9,17,21H,10-12H2,1-2H3,(H,22,27). The lowest BCUT2D eigenvalue weighted by Gasteiger charge is -2.11. The van der Waals surface area contributed by atoms with Gasteiger partial charge in [0.1, 0.15) is 0 Å². The van der Waals surface area contributed by atoms with Gasteiger partial charge in [-0.05, 0) is 78.6 Å². The SMILES string of the molecule is Cc1cccc(NC(=O)CNc2ccc(-c3nnnn3C3CC3)cc2)c1C. The molecule has 4 rings (SSSR count). The third kappa shape index (κ3) is 3.81. The minimum Gasteiger partial charge on any atom is -0.376 e. The molecule has 7 heteroatoms. The van der Waals surface area contributed by atoms with Gasteiger partial charge >= 0.3 is 0 Å². The first kappa shape index (κ1) is 17.2. The maximum absolute atomic E-state index is 12.2. The Kier molecular flexibility index (Phi) is 4.58. The molecule has 0 aliphatic heterocycles. The van der Waals surface area contributed by atoms with E-state index < -0.39 is 0 Å². The summed E-state index contributed by atoms with van der Waals surface area (Å²) in [7, 11) is 0. The minimum atomic E-state index is -0.0783. The molecule has 7 nitrogen and oxygen atoms in total. The molecule has 0 bridgehead atoms. The molecule has 2 aromatic carbocycles. The number of carbonyl (C=O) groups excluding carboxylic acids is 1. The number of rotatable bonds is 6. The van der Waals surface area contributed by atoms with E-state index in [4.69, 9.17) is 0 Å². The van der Waals surface area contributed by atoms with Gasteiger partial charge in [0, 0.05) is 16.9 Å². The number of aryl methyl sites for hydroxylation is 1. The van der Waals surface area contributed by atoms with Crippen LogP contribution in [0.1, 0.15) is 30.0 Å². The smallest absolute Gasteiger partial charge is 0.243 e. The van der Waals surface area contributed by atoms with Gasteiger partial charge in [-0.1, -0.05) is 12.1 Å². The van der Waals surface area contributed by atoms with Gasteiger partial charge < -0.3 is 10.6 Å². The number of hydrogen-bond acceptors (Lipinski definition) is 5. The highest BCUT2D eigenvalue weighted by Crippen LogP contribution is 2.36. The first-order chi connectivity index (χ1) is 13.1. The van der Waals surface area contributed by atoms with Crippen LogP contribution in [0, 0.1) is 13.8 Å². The average Bonchev–Trinajstić information content (AvgIpc) is 3.41. The van der Waals surface area contributed by atoms with Crippen molar-refractivity contribution in [3.8, 4) is 11.4 Å². The fraction of sp³-hybridized carbons (Fsp3) is 0.300. The zero-order valence-electron chi connectivity index (χ0n) is 15.4. The van der Waals surface area contributed by atoms with E-state index in [-0.39, 0.29) is 12.5 Å². The van der Waals surface area contributed by atoms with Gasteiger partial charge in [0.25, 0.3) is 0 Å². The highest BCUT2D eigenvalue weighted by molar-refractivity contribution is 5.94. The van der Waals surface area contributed by atoms with E-state index in [0.29, 0.717) is 6.04 Å². The molecule has 1 aromatic heterocycles. The summed E-state index contributed by atoms with van der Waals surface area (Å²) in [5.41, 5.74) is 4.94. The fourth-order valence-corrected chi connectivity index (χ4v) is 2.95. The maximum atomic E-state index is 12.2. The second-order valence-corrected chi connectivity index (χ2v) is 6.90. The number of hydrogen-bond donors (Lipinski definition) is 2. The van der Waals surface area contributed by atoms with Crippen LogP contribution in [0.3, 0.4) is 0 Å². The molecule has 2 N–H and O–H groups in total. The summed E-state index contributed by atoms with van der Waals surface area (Å²) in [4.78, 5) is 12.2. The summed E-state index contributed by atoms with van der Waals surface area (Å²) in [6.07, 6.45) is 2.26. The highest BCUT2D eigenvalue weighted by Gasteiger charge is 2.28. The van der Waals surface area contributed by atoms with Crippen molar-refractivity contribution in [3.63, 3.8) is 0 Å². The molecule has 0 spiro atoms. The van der Waals surface area contributed by atoms with Crippen LogP contribution >= 0.6 is 0 Å². The number of amides is 1. The number of tetrazole rings is 1. The van der Waals surface area contributed by atoms with Crippen molar-refractivity contribution in [2.75, 3.05) is 17.2 Å². The van der Waals surface area contributed by atoms with E-state index in [9.17, 15) is 4.79 Å². The first-order valence-electron chi connectivity index (χ1n) is 9.10. The van der Waals surface area contributed by atoms with E-state index in [0.717, 1.165) is 46.7 Å². The monoisotopic (exact) mass is 362 g/mol. The van der Waals surface area contributed by atoms with Crippen LogP contribution in [0.2, 0.25) is 0 Å². The van der Waals surface area contributed by atoms with E-state index >= 15 is 0 Å². The maximum Gasteiger partial charge on any atom is 0.243 e. The normalized spacial score (nSPS) is 13.4. The summed E-state index contributed by atoms with van der Waals surface area (Å²) < 4.78 is 1.89. The molecule has 1 saturated carbocycles. The van der Waals surface area contributed by atoms with E-state index in [1.165, 1.54) is 0 Å². The Morgan fingerprint density at radius 3 is 2.67 bits per heavy atom. The minimum absolute atomic E-state index is 0.0783. The summed E-state index contributed by atoms with van der Waals surface area (Å²) in [5, 5.41) is 18.1. The first-order valence-corrected chi connectivity index (χ1v) is 9.10. The van der Waals surface area contributed by atoms with Crippen molar-refractivity contribution < 1.29 is 4.79 Å². The molecule has 1 amide bonds. The van der Waals surface area contributed by atoms with E-state index in [1.54, 1.807) is 0 Å². The van der Waals surface area contributed by atoms with Gasteiger partial charge in [0.15, 0.2) is 5.82 Å². The summed E-state index contributed by atoms with van der Waals surface area (Å²) in [6.45, 7) is 4.24. The van der Waals surface area contributed by atoms with Gasteiger partial charge in [0.2, 0.25) is 5.91 Å². The molecule has 1 aliphatic carbocycles. The molecular formula is C20H22N6O. The van der Waals surface area contributed by atoms with Gasteiger partial charge in [-0.15, -0.1) is 5.10 Å². The van der Waals surface area contributed by atoms with Crippen LogP contribution in [0.4, 0.5) is 11.4 Å². The molecule has 0 radical (unpaired) electrons. The van der Waals surface area contributed by atoms with Crippen molar-refractivity contribution in [2.24, 2.45) is 0 Å². The zero-order chi connectivity index (χ0) is 18.8. The lowest BCUT2D eigenvalue weighted by atomic mass is 10.1. The lowest BCUT2D eigenvalue weighted by molar-refractivity contribution is -0.114. The molecular weight excluding hydrogens is 340 g/mol. The number of nitrogens with zero attached hydrogens (tertiary/aromatic N) is 4. The lowest BCUT2D eigenvalue weighted by Crippen LogP contribution is -2.22. The molecule has 27 heavy (non-hydrogen) atoms. The van der Waals surface area contributed by atoms with Crippen molar-refractivity contribution in [1.29, 1.82) is 0 Å². The van der Waals surface area contributed by atoms with Crippen LogP contribution in [0.5, 0.6) is 0 Å². The second-order valence-electron chi connectivity index (χ2n) is 6.90. The summed E-state index contributed by atoms with van der Waals surface area (Å²) in [6, 6.07) is 14.1. The third-order valence-corrected chi connectivity index (χ3v) is 4.86. The van der Waals surface area contributed by atoms with Crippen LogP contribution in [0.25, 0.3) is 11.4 Å². The Morgan fingerprint density at radius 1 is 1.15 bits per heavy atom. The predicted octanol–water partition coefficient (Wildman–Crippen LogP) is 3.34. The highest BCUT2D eigenvalue weighted by atomic mass is 16.1. The van der Waals surface area contributed by atoms with Gasteiger partial charge in [-0.2, -0.15) is 0 Å². The van der Waals surface area contributed by atoms with Gasteiger partial charge in [-0.3, -0.25) is 4.79 Å². The van der Waals surface area contributed by atoms with Crippen LogP contribution in [0.15, 0.2) is 42.5 Å². The number of anilines is 2. The third-order valence-electron chi connectivity index (χ3n) is 4.86. The molecule has 1 heterocycles. The van der Waals surface area contributed by atoms with Crippen LogP contribution in [-0.4, -0.2) is 32.7 Å². The molecule has 1 fully saturated rings.